The third-order valence-electron chi connectivity index (χ3n) is 1.49. The first-order chi connectivity index (χ1) is 6.26. The van der Waals surface area contributed by atoms with E-state index in [4.69, 9.17) is 0 Å². The minimum absolute atomic E-state index is 0.938. The molecule has 0 fully saturated rings. The fraction of sp³-hybridized carbons (Fsp3) is 0.0769. The highest BCUT2D eigenvalue weighted by Crippen LogP contribution is 2.10. The van der Waals surface area contributed by atoms with Gasteiger partial charge in [-0.25, -0.2) is 0 Å². The maximum atomic E-state index is 3.91. The number of hydrogen-bond acceptors (Lipinski definition) is 0. The van der Waals surface area contributed by atoms with Crippen molar-refractivity contribution in [2.24, 2.45) is 0 Å². The third-order valence-corrected chi connectivity index (χ3v) is 1.49. The molecule has 0 N–H and O–H groups in total. The molecule has 13 heavy (non-hydrogen) atoms. The summed E-state index contributed by atoms with van der Waals surface area (Å²) in [5.74, 6) is 0. The second kappa shape index (κ2) is 7.11. The Morgan fingerprint density at radius 2 is 1.85 bits per heavy atom. The van der Waals surface area contributed by atoms with Crippen molar-refractivity contribution in [2.75, 3.05) is 0 Å². The fourth-order valence-electron chi connectivity index (χ4n) is 0.786. The molecule has 0 saturated heterocycles. The van der Waals surface area contributed by atoms with Crippen LogP contribution in [0.5, 0.6) is 0 Å². The van der Waals surface area contributed by atoms with Crippen LogP contribution in [-0.4, -0.2) is 0 Å². The Labute approximate surface area is 81.0 Å². The van der Waals surface area contributed by atoms with E-state index in [0.717, 1.165) is 11.1 Å². The Bertz CT molecular complexity index is 272. The Morgan fingerprint density at radius 1 is 1.15 bits per heavy atom. The van der Waals surface area contributed by atoms with E-state index in [-0.39, 0.29) is 0 Å². The molecule has 0 aromatic carbocycles. The largest absolute Gasteiger partial charge is 0.0991 e. The molecule has 0 unspecified atom stereocenters. The maximum absolute atomic E-state index is 3.91. The van der Waals surface area contributed by atoms with Gasteiger partial charge >= 0.3 is 0 Å². The molecule has 0 radical (unpaired) electrons. The Morgan fingerprint density at radius 3 is 2.31 bits per heavy atom. The van der Waals surface area contributed by atoms with Crippen LogP contribution in [0.15, 0.2) is 73.4 Å². The maximum Gasteiger partial charge on any atom is -0.0196 e. The van der Waals surface area contributed by atoms with Gasteiger partial charge in [-0.05, 0) is 18.1 Å². The van der Waals surface area contributed by atoms with E-state index < -0.39 is 0 Å². The van der Waals surface area contributed by atoms with E-state index in [9.17, 15) is 0 Å². The summed E-state index contributed by atoms with van der Waals surface area (Å²) in [6.45, 7) is 13.2. The van der Waals surface area contributed by atoms with Gasteiger partial charge < -0.3 is 0 Å². The van der Waals surface area contributed by atoms with Crippen LogP contribution in [-0.2, 0) is 0 Å². The van der Waals surface area contributed by atoms with Crippen molar-refractivity contribution < 1.29 is 0 Å². The Hall–Kier alpha value is -1.56. The number of hydrogen-bond donors (Lipinski definition) is 0. The van der Waals surface area contributed by atoms with Crippen molar-refractivity contribution >= 4 is 0 Å². The molecule has 0 aromatic heterocycles. The summed E-state index contributed by atoms with van der Waals surface area (Å²) in [6, 6.07) is 0. The van der Waals surface area contributed by atoms with Crippen molar-refractivity contribution in [1.29, 1.82) is 0 Å². The molecule has 0 aliphatic rings. The summed E-state index contributed by atoms with van der Waals surface area (Å²) >= 11 is 0. The molecule has 0 atom stereocenters. The highest BCUT2D eigenvalue weighted by atomic mass is 14.0. The van der Waals surface area contributed by atoms with Crippen molar-refractivity contribution in [3.8, 4) is 0 Å². The molecule has 0 rings (SSSR count). The van der Waals surface area contributed by atoms with Crippen molar-refractivity contribution in [3.05, 3.63) is 73.4 Å². The average Bonchev–Trinajstić information content (AvgIpc) is 2.16. The summed E-state index contributed by atoms with van der Waals surface area (Å²) in [5, 5.41) is 0. The Kier molecular flexibility index (Phi) is 6.26. The van der Waals surface area contributed by atoms with Gasteiger partial charge in [0.15, 0.2) is 0 Å². The first-order valence-electron chi connectivity index (χ1n) is 4.20. The molecule has 0 bridgehead atoms. The second-order valence-electron chi connectivity index (χ2n) is 2.47. The number of allylic oxidation sites excluding steroid dienone is 9. The molecule has 0 amide bonds. The van der Waals surface area contributed by atoms with Crippen molar-refractivity contribution in [3.63, 3.8) is 0 Å². The van der Waals surface area contributed by atoms with E-state index in [0.29, 0.717) is 0 Å². The monoisotopic (exact) mass is 172 g/mol. The molecule has 68 valence electrons. The summed E-state index contributed by atoms with van der Waals surface area (Å²) in [6.07, 6.45) is 13.2. The standard InChI is InChI=1S/C13H16/c1-5-8-10-12(4)13(7-3)11-9-6-2/h5-11H,1,3-4H2,2H3/b9-6-,10-8-,13-11-. The predicted octanol–water partition coefficient (Wildman–Crippen LogP) is 3.97. The smallest absolute Gasteiger partial charge is 0.0196 e. The first-order valence-corrected chi connectivity index (χ1v) is 4.20. The van der Waals surface area contributed by atoms with Gasteiger partial charge in [-0.1, -0.05) is 62.3 Å². The van der Waals surface area contributed by atoms with Crippen LogP contribution in [0.2, 0.25) is 0 Å². The lowest BCUT2D eigenvalue weighted by Gasteiger charge is -1.98. The minimum Gasteiger partial charge on any atom is -0.0991 e. The molecular formula is C13H16. The zero-order chi connectivity index (χ0) is 10.1. The zero-order valence-corrected chi connectivity index (χ0v) is 8.16. The van der Waals surface area contributed by atoms with E-state index in [1.807, 2.05) is 37.3 Å². The van der Waals surface area contributed by atoms with Crippen molar-refractivity contribution in [1.82, 2.24) is 0 Å². The van der Waals surface area contributed by atoms with E-state index in [1.54, 1.807) is 12.2 Å². The molecule has 0 heterocycles. The SMILES string of the molecule is C=C/C=C\C(=C)/C(C=C)=C\C=C/C. The molecule has 0 spiro atoms. The van der Waals surface area contributed by atoms with Gasteiger partial charge in [-0.15, -0.1) is 0 Å². The lowest BCUT2D eigenvalue weighted by atomic mass is 10.1. The lowest BCUT2D eigenvalue weighted by molar-refractivity contribution is 1.57. The summed E-state index contributed by atoms with van der Waals surface area (Å²) in [4.78, 5) is 0. The molecule has 0 aliphatic heterocycles. The van der Waals surface area contributed by atoms with Crippen LogP contribution in [0.1, 0.15) is 6.92 Å². The van der Waals surface area contributed by atoms with Gasteiger partial charge in [0.05, 0.1) is 0 Å². The molecule has 0 aromatic rings. The van der Waals surface area contributed by atoms with Gasteiger partial charge in [-0.2, -0.15) is 0 Å². The minimum atomic E-state index is 0.938. The molecule has 0 aliphatic carbocycles. The predicted molar refractivity (Wildman–Crippen MR) is 61.6 cm³/mol. The molecule has 0 nitrogen and oxygen atoms in total. The summed E-state index contributed by atoms with van der Waals surface area (Å²) < 4.78 is 0. The normalized spacial score (nSPS) is 12.2. The average molecular weight is 172 g/mol. The fourth-order valence-corrected chi connectivity index (χ4v) is 0.786. The van der Waals surface area contributed by atoms with Crippen LogP contribution in [0, 0.1) is 0 Å². The van der Waals surface area contributed by atoms with E-state index >= 15 is 0 Å². The van der Waals surface area contributed by atoms with Crippen LogP contribution >= 0.6 is 0 Å². The van der Waals surface area contributed by atoms with Gasteiger partial charge in [0.2, 0.25) is 0 Å². The third kappa shape index (κ3) is 4.81. The van der Waals surface area contributed by atoms with Crippen LogP contribution in [0.4, 0.5) is 0 Å². The van der Waals surface area contributed by atoms with Gasteiger partial charge in [0.1, 0.15) is 0 Å². The topological polar surface area (TPSA) is 0 Å². The Balaban J connectivity index is 4.58. The highest BCUT2D eigenvalue weighted by molar-refractivity contribution is 5.46. The zero-order valence-electron chi connectivity index (χ0n) is 8.16. The van der Waals surface area contributed by atoms with Crippen LogP contribution in [0.3, 0.4) is 0 Å². The summed E-state index contributed by atoms with van der Waals surface area (Å²) in [5.41, 5.74) is 1.96. The molecule has 0 heteroatoms. The molecule has 0 saturated carbocycles. The quantitative estimate of drug-likeness (QED) is 0.550. The van der Waals surface area contributed by atoms with Crippen LogP contribution in [0.25, 0.3) is 0 Å². The summed E-state index contributed by atoms with van der Waals surface area (Å²) in [7, 11) is 0. The van der Waals surface area contributed by atoms with E-state index in [1.165, 1.54) is 0 Å². The van der Waals surface area contributed by atoms with Crippen LogP contribution < -0.4 is 0 Å². The van der Waals surface area contributed by atoms with Crippen molar-refractivity contribution in [2.45, 2.75) is 6.92 Å². The second-order valence-corrected chi connectivity index (χ2v) is 2.47. The van der Waals surface area contributed by atoms with E-state index in [2.05, 4.69) is 19.7 Å². The van der Waals surface area contributed by atoms with Gasteiger partial charge in [0, 0.05) is 0 Å². The number of rotatable bonds is 5. The first kappa shape index (κ1) is 11.4. The highest BCUT2D eigenvalue weighted by Gasteiger charge is 1.90. The lowest BCUT2D eigenvalue weighted by Crippen LogP contribution is -1.78. The molecular weight excluding hydrogens is 156 g/mol. The van der Waals surface area contributed by atoms with Gasteiger partial charge in [-0.3, -0.25) is 0 Å². The van der Waals surface area contributed by atoms with Gasteiger partial charge in [0.25, 0.3) is 0 Å².